The topological polar surface area (TPSA) is 141 Å². The van der Waals surface area contributed by atoms with Gasteiger partial charge in [0.25, 0.3) is 11.6 Å². The summed E-state index contributed by atoms with van der Waals surface area (Å²) >= 11 is 5.95. The number of nitro groups is 1. The number of non-ortho nitro benzene ring substituents is 1. The summed E-state index contributed by atoms with van der Waals surface area (Å²) in [5, 5.41) is 13.2. The minimum Gasteiger partial charge on any atom is -0.448 e. The monoisotopic (exact) mass is 484 g/mol. The lowest BCUT2D eigenvalue weighted by molar-refractivity contribution is -0.384. The standard InChI is InChI=1S/C19H21ClN4O7S/c1-12(18(25)21-16-6-5-13(24(27)28)9-15(16)20)31-19(26)17-10-14(11-22(17)2)32(29,30)23-7-3-4-8-23/h5-6,9-12H,3-4,7-8H2,1-2H3,(H,21,25). The van der Waals surface area contributed by atoms with Crippen LogP contribution in [0.2, 0.25) is 5.02 Å². The highest BCUT2D eigenvalue weighted by molar-refractivity contribution is 7.89. The van der Waals surface area contributed by atoms with E-state index in [-0.39, 0.29) is 27.0 Å². The number of nitrogens with one attached hydrogen (secondary N) is 1. The molecule has 1 N–H and O–H groups in total. The van der Waals surface area contributed by atoms with Crippen molar-refractivity contribution in [1.82, 2.24) is 8.87 Å². The Balaban J connectivity index is 1.68. The third-order valence-electron chi connectivity index (χ3n) is 4.97. The molecule has 1 saturated heterocycles. The van der Waals surface area contributed by atoms with E-state index in [9.17, 15) is 28.1 Å². The van der Waals surface area contributed by atoms with Crippen LogP contribution in [0.25, 0.3) is 0 Å². The molecule has 3 rings (SSSR count). The van der Waals surface area contributed by atoms with E-state index < -0.39 is 32.9 Å². The summed E-state index contributed by atoms with van der Waals surface area (Å²) in [4.78, 5) is 35.1. The average Bonchev–Trinajstić information content (AvgIpc) is 3.39. The molecule has 0 radical (unpaired) electrons. The van der Waals surface area contributed by atoms with Gasteiger partial charge in [-0.05, 0) is 31.9 Å². The van der Waals surface area contributed by atoms with Crippen LogP contribution in [0.3, 0.4) is 0 Å². The van der Waals surface area contributed by atoms with Crippen LogP contribution in [-0.2, 0) is 26.6 Å². The van der Waals surface area contributed by atoms with Crippen LogP contribution in [0.5, 0.6) is 0 Å². The molecule has 1 fully saturated rings. The Labute approximate surface area is 189 Å². The number of nitrogens with zero attached hydrogens (tertiary/aromatic N) is 3. The highest BCUT2D eigenvalue weighted by atomic mass is 35.5. The molecule has 0 bridgehead atoms. The average molecular weight is 485 g/mol. The molecule has 1 aromatic heterocycles. The van der Waals surface area contributed by atoms with Crippen molar-refractivity contribution in [2.45, 2.75) is 30.8 Å². The van der Waals surface area contributed by atoms with Gasteiger partial charge in [-0.15, -0.1) is 0 Å². The second kappa shape index (κ2) is 9.27. The number of hydrogen-bond donors (Lipinski definition) is 1. The smallest absolute Gasteiger partial charge is 0.355 e. The van der Waals surface area contributed by atoms with Crippen LogP contribution in [0, 0.1) is 10.1 Å². The largest absolute Gasteiger partial charge is 0.448 e. The van der Waals surface area contributed by atoms with E-state index in [4.69, 9.17) is 16.3 Å². The van der Waals surface area contributed by atoms with Gasteiger partial charge in [0.05, 0.1) is 15.6 Å². The molecule has 172 valence electrons. The Hall–Kier alpha value is -2.96. The summed E-state index contributed by atoms with van der Waals surface area (Å²) in [6.45, 7) is 2.19. The minimum absolute atomic E-state index is 0.0244. The molecular formula is C19H21ClN4O7S. The first-order valence-corrected chi connectivity index (χ1v) is 11.4. The fourth-order valence-corrected chi connectivity index (χ4v) is 4.99. The molecule has 2 aromatic rings. The number of anilines is 1. The van der Waals surface area contributed by atoms with Crippen molar-refractivity contribution in [2.24, 2.45) is 7.05 Å². The van der Waals surface area contributed by atoms with Crippen molar-refractivity contribution in [2.75, 3.05) is 18.4 Å². The van der Waals surface area contributed by atoms with Crippen LogP contribution >= 0.6 is 11.6 Å². The molecule has 2 heterocycles. The van der Waals surface area contributed by atoms with Crippen molar-refractivity contribution >= 4 is 44.9 Å². The lowest BCUT2D eigenvalue weighted by Gasteiger charge is -2.14. The number of hydrogen-bond acceptors (Lipinski definition) is 7. The fourth-order valence-electron chi connectivity index (χ4n) is 3.18. The van der Waals surface area contributed by atoms with Gasteiger partial charge in [-0.25, -0.2) is 13.2 Å². The van der Waals surface area contributed by atoms with E-state index >= 15 is 0 Å². The normalized spacial score (nSPS) is 15.3. The Bertz CT molecular complexity index is 1170. The molecule has 1 unspecified atom stereocenters. The van der Waals surface area contributed by atoms with Gasteiger partial charge in [0.15, 0.2) is 6.10 Å². The highest BCUT2D eigenvalue weighted by Crippen LogP contribution is 2.27. The van der Waals surface area contributed by atoms with E-state index in [1.807, 2.05) is 0 Å². The zero-order chi connectivity index (χ0) is 23.6. The summed E-state index contributed by atoms with van der Waals surface area (Å²) in [5.74, 6) is -1.60. The van der Waals surface area contributed by atoms with Gasteiger partial charge in [-0.2, -0.15) is 4.31 Å². The number of carbonyl (C=O) groups excluding carboxylic acids is 2. The number of rotatable bonds is 7. The number of carbonyl (C=O) groups is 2. The van der Waals surface area contributed by atoms with Crippen LogP contribution in [0.1, 0.15) is 30.3 Å². The Morgan fingerprint density at radius 3 is 2.50 bits per heavy atom. The van der Waals surface area contributed by atoms with Gasteiger partial charge in [-0.1, -0.05) is 11.6 Å². The van der Waals surface area contributed by atoms with Crippen molar-refractivity contribution in [3.8, 4) is 0 Å². The number of nitro benzene ring substituents is 1. The lowest BCUT2D eigenvalue weighted by Crippen LogP contribution is -2.30. The van der Waals surface area contributed by atoms with Crippen molar-refractivity contribution < 1.29 is 27.7 Å². The predicted molar refractivity (Wildman–Crippen MR) is 115 cm³/mol. The molecule has 1 aliphatic heterocycles. The number of amides is 1. The Morgan fingerprint density at radius 2 is 1.91 bits per heavy atom. The summed E-state index contributed by atoms with van der Waals surface area (Å²) in [6, 6.07) is 4.73. The predicted octanol–water partition coefficient (Wildman–Crippen LogP) is 2.56. The SMILES string of the molecule is CC(OC(=O)c1cc(S(=O)(=O)N2CCCC2)cn1C)C(=O)Nc1ccc([N+](=O)[O-])cc1Cl. The summed E-state index contributed by atoms with van der Waals surface area (Å²) in [5.41, 5.74) is -0.158. The first-order valence-electron chi connectivity index (χ1n) is 9.63. The molecule has 1 aliphatic rings. The van der Waals surface area contributed by atoms with Gasteiger partial charge in [0.1, 0.15) is 10.6 Å². The number of sulfonamides is 1. The van der Waals surface area contributed by atoms with Crippen LogP contribution in [-0.4, -0.2) is 53.3 Å². The van der Waals surface area contributed by atoms with Gasteiger partial charge >= 0.3 is 5.97 Å². The molecule has 1 amide bonds. The van der Waals surface area contributed by atoms with E-state index in [0.29, 0.717) is 13.1 Å². The first-order chi connectivity index (χ1) is 15.0. The number of ether oxygens (including phenoxy) is 1. The minimum atomic E-state index is -3.71. The molecule has 32 heavy (non-hydrogen) atoms. The van der Waals surface area contributed by atoms with E-state index in [1.54, 1.807) is 0 Å². The first kappa shape index (κ1) is 23.7. The summed E-state index contributed by atoms with van der Waals surface area (Å²) in [6.07, 6.45) is 1.65. The zero-order valence-corrected chi connectivity index (χ0v) is 18.9. The van der Waals surface area contributed by atoms with Crippen LogP contribution in [0.15, 0.2) is 35.4 Å². The third-order valence-corrected chi connectivity index (χ3v) is 7.14. The molecule has 0 spiro atoms. The lowest BCUT2D eigenvalue weighted by atomic mass is 10.2. The molecule has 0 aliphatic carbocycles. The Morgan fingerprint density at radius 1 is 1.25 bits per heavy atom. The quantitative estimate of drug-likeness (QED) is 0.361. The molecule has 1 atom stereocenters. The van der Waals surface area contributed by atoms with Crippen LogP contribution < -0.4 is 5.32 Å². The number of esters is 1. The Kier molecular flexibility index (Phi) is 6.86. The fraction of sp³-hybridized carbons (Fsp3) is 0.368. The van der Waals surface area contributed by atoms with Crippen molar-refractivity contribution in [1.29, 1.82) is 0 Å². The van der Waals surface area contributed by atoms with E-state index in [1.165, 1.54) is 47.2 Å². The highest BCUT2D eigenvalue weighted by Gasteiger charge is 2.30. The van der Waals surface area contributed by atoms with Gasteiger partial charge in [-0.3, -0.25) is 14.9 Å². The molecule has 1 aromatic carbocycles. The van der Waals surface area contributed by atoms with Gasteiger partial charge in [0, 0.05) is 38.5 Å². The number of benzene rings is 1. The van der Waals surface area contributed by atoms with Crippen LogP contribution in [0.4, 0.5) is 11.4 Å². The number of halogens is 1. The van der Waals surface area contributed by atoms with Crippen molar-refractivity contribution in [3.63, 3.8) is 0 Å². The maximum Gasteiger partial charge on any atom is 0.355 e. The van der Waals surface area contributed by atoms with Gasteiger partial charge in [0.2, 0.25) is 10.0 Å². The molecular weight excluding hydrogens is 464 g/mol. The van der Waals surface area contributed by atoms with E-state index in [2.05, 4.69) is 5.32 Å². The zero-order valence-electron chi connectivity index (χ0n) is 17.3. The molecule has 13 heteroatoms. The second-order valence-corrected chi connectivity index (χ2v) is 9.59. The van der Waals surface area contributed by atoms with Gasteiger partial charge < -0.3 is 14.6 Å². The summed E-state index contributed by atoms with van der Waals surface area (Å²) < 4.78 is 33.2. The third kappa shape index (κ3) is 4.92. The number of aromatic nitrogens is 1. The second-order valence-electron chi connectivity index (χ2n) is 7.24. The molecule has 0 saturated carbocycles. The van der Waals surface area contributed by atoms with Crippen molar-refractivity contribution in [3.05, 3.63) is 51.3 Å². The molecule has 11 nitrogen and oxygen atoms in total. The number of aryl methyl sites for hydroxylation is 1. The summed E-state index contributed by atoms with van der Waals surface area (Å²) in [7, 11) is -2.21. The maximum atomic E-state index is 12.7. The van der Waals surface area contributed by atoms with E-state index in [0.717, 1.165) is 18.9 Å². The maximum absolute atomic E-state index is 12.7.